The van der Waals surface area contributed by atoms with Crippen LogP contribution in [0.1, 0.15) is 78.1 Å². The van der Waals surface area contributed by atoms with E-state index in [0.29, 0.717) is 0 Å². The smallest absolute Gasteiger partial charge is 0.119 e. The standard InChI is InChI=1S/C20H34O/c1-3-14-19(2)15-10-7-5-4-6-8-13-18-21-20-16-11-9-12-17-20/h9,11-12,16-17,19H,3-8,10,13-15,18H2,1-2H3. The van der Waals surface area contributed by atoms with Crippen molar-refractivity contribution in [2.24, 2.45) is 5.92 Å². The van der Waals surface area contributed by atoms with Crippen LogP contribution >= 0.6 is 0 Å². The molecular weight excluding hydrogens is 256 g/mol. The number of ether oxygens (including phenoxy) is 1. The fourth-order valence-electron chi connectivity index (χ4n) is 2.82. The minimum Gasteiger partial charge on any atom is -0.494 e. The van der Waals surface area contributed by atoms with Gasteiger partial charge in [0.05, 0.1) is 6.61 Å². The maximum atomic E-state index is 5.70. The molecule has 1 atom stereocenters. The molecule has 1 aromatic rings. The molecule has 1 nitrogen and oxygen atoms in total. The van der Waals surface area contributed by atoms with Crippen molar-refractivity contribution in [2.75, 3.05) is 6.61 Å². The van der Waals surface area contributed by atoms with Crippen LogP contribution in [0.2, 0.25) is 0 Å². The molecule has 0 aromatic heterocycles. The molecule has 0 saturated heterocycles. The lowest BCUT2D eigenvalue weighted by atomic mass is 9.98. The monoisotopic (exact) mass is 290 g/mol. The quantitative estimate of drug-likeness (QED) is 0.371. The summed E-state index contributed by atoms with van der Waals surface area (Å²) in [6.07, 6.45) is 13.7. The molecule has 0 bridgehead atoms. The Hall–Kier alpha value is -0.980. The van der Waals surface area contributed by atoms with Crippen LogP contribution < -0.4 is 4.74 Å². The van der Waals surface area contributed by atoms with E-state index in [1.54, 1.807) is 0 Å². The number of rotatable bonds is 13. The van der Waals surface area contributed by atoms with Crippen molar-refractivity contribution in [3.05, 3.63) is 30.3 Å². The highest BCUT2D eigenvalue weighted by Crippen LogP contribution is 2.16. The van der Waals surface area contributed by atoms with Crippen molar-refractivity contribution in [2.45, 2.75) is 78.1 Å². The average Bonchev–Trinajstić information content (AvgIpc) is 2.50. The number of unbranched alkanes of at least 4 members (excludes halogenated alkanes) is 6. The lowest BCUT2D eigenvalue weighted by Crippen LogP contribution is -1.97. The van der Waals surface area contributed by atoms with Crippen molar-refractivity contribution >= 4 is 0 Å². The summed E-state index contributed by atoms with van der Waals surface area (Å²) < 4.78 is 5.70. The van der Waals surface area contributed by atoms with E-state index < -0.39 is 0 Å². The third kappa shape index (κ3) is 10.4. The first-order valence-corrected chi connectivity index (χ1v) is 9.00. The molecule has 0 heterocycles. The molecule has 0 N–H and O–H groups in total. The summed E-state index contributed by atoms with van der Waals surface area (Å²) in [7, 11) is 0. The van der Waals surface area contributed by atoms with Gasteiger partial charge in [-0.25, -0.2) is 0 Å². The second-order valence-electron chi connectivity index (χ2n) is 6.32. The highest BCUT2D eigenvalue weighted by atomic mass is 16.5. The first-order chi connectivity index (χ1) is 10.3. The first kappa shape index (κ1) is 18.1. The summed E-state index contributed by atoms with van der Waals surface area (Å²) in [5.74, 6) is 1.93. The lowest BCUT2D eigenvalue weighted by molar-refractivity contribution is 0.304. The van der Waals surface area contributed by atoms with E-state index in [2.05, 4.69) is 13.8 Å². The van der Waals surface area contributed by atoms with E-state index in [0.717, 1.165) is 18.3 Å². The largest absolute Gasteiger partial charge is 0.494 e. The SMILES string of the molecule is CCCC(C)CCCCCCCCCOc1ccccc1. The van der Waals surface area contributed by atoms with Crippen LogP contribution in [0.3, 0.4) is 0 Å². The Labute approximate surface area is 132 Å². The molecule has 0 fully saturated rings. The molecule has 0 radical (unpaired) electrons. The topological polar surface area (TPSA) is 9.23 Å². The fourth-order valence-corrected chi connectivity index (χ4v) is 2.82. The normalized spacial score (nSPS) is 12.3. The Morgan fingerprint density at radius 2 is 1.43 bits per heavy atom. The maximum Gasteiger partial charge on any atom is 0.119 e. The molecule has 0 amide bonds. The fraction of sp³-hybridized carbons (Fsp3) is 0.700. The van der Waals surface area contributed by atoms with Gasteiger partial charge in [-0.2, -0.15) is 0 Å². The highest BCUT2D eigenvalue weighted by Gasteiger charge is 2.00. The van der Waals surface area contributed by atoms with Crippen LogP contribution in [-0.2, 0) is 0 Å². The third-order valence-electron chi connectivity index (χ3n) is 4.13. The summed E-state index contributed by atoms with van der Waals surface area (Å²) in [5.41, 5.74) is 0. The van der Waals surface area contributed by atoms with Crippen LogP contribution in [0.15, 0.2) is 30.3 Å². The van der Waals surface area contributed by atoms with Crippen LogP contribution in [0, 0.1) is 5.92 Å². The minimum absolute atomic E-state index is 0.860. The Balaban J connectivity index is 1.81. The summed E-state index contributed by atoms with van der Waals surface area (Å²) in [5, 5.41) is 0. The molecule has 1 heteroatoms. The van der Waals surface area contributed by atoms with Gasteiger partial charge in [0, 0.05) is 0 Å². The average molecular weight is 290 g/mol. The van der Waals surface area contributed by atoms with E-state index in [1.807, 2.05) is 30.3 Å². The molecule has 1 rings (SSSR count). The Kier molecular flexibility index (Phi) is 11.0. The van der Waals surface area contributed by atoms with Crippen molar-refractivity contribution in [1.29, 1.82) is 0 Å². The molecule has 0 aliphatic heterocycles. The van der Waals surface area contributed by atoms with Gasteiger partial charge in [-0.15, -0.1) is 0 Å². The van der Waals surface area contributed by atoms with Gasteiger partial charge in [0.25, 0.3) is 0 Å². The van der Waals surface area contributed by atoms with Crippen molar-refractivity contribution in [3.63, 3.8) is 0 Å². The van der Waals surface area contributed by atoms with Crippen molar-refractivity contribution < 1.29 is 4.74 Å². The molecule has 0 saturated carbocycles. The zero-order valence-electron chi connectivity index (χ0n) is 14.2. The molecule has 21 heavy (non-hydrogen) atoms. The number of para-hydroxylation sites is 1. The number of benzene rings is 1. The van der Waals surface area contributed by atoms with Crippen molar-refractivity contribution in [1.82, 2.24) is 0 Å². The van der Waals surface area contributed by atoms with E-state index in [4.69, 9.17) is 4.74 Å². The van der Waals surface area contributed by atoms with Gasteiger partial charge < -0.3 is 4.74 Å². The molecule has 120 valence electrons. The van der Waals surface area contributed by atoms with Crippen LogP contribution in [0.5, 0.6) is 5.75 Å². The van der Waals surface area contributed by atoms with E-state index in [9.17, 15) is 0 Å². The zero-order valence-corrected chi connectivity index (χ0v) is 14.2. The van der Waals surface area contributed by atoms with E-state index in [-0.39, 0.29) is 0 Å². The Morgan fingerprint density at radius 1 is 0.810 bits per heavy atom. The van der Waals surface area contributed by atoms with Gasteiger partial charge >= 0.3 is 0 Å². The molecule has 1 aromatic carbocycles. The number of hydrogen-bond acceptors (Lipinski definition) is 1. The van der Waals surface area contributed by atoms with Crippen LogP contribution in [-0.4, -0.2) is 6.61 Å². The second kappa shape index (κ2) is 12.7. The predicted molar refractivity (Wildman–Crippen MR) is 92.9 cm³/mol. The Bertz CT molecular complexity index is 320. The molecule has 0 spiro atoms. The van der Waals surface area contributed by atoms with Crippen molar-refractivity contribution in [3.8, 4) is 5.75 Å². The van der Waals surface area contributed by atoms with Gasteiger partial charge in [0.15, 0.2) is 0 Å². The van der Waals surface area contributed by atoms with Crippen LogP contribution in [0.4, 0.5) is 0 Å². The molecule has 0 aliphatic rings. The van der Waals surface area contributed by atoms with Gasteiger partial charge in [-0.05, 0) is 24.5 Å². The highest BCUT2D eigenvalue weighted by molar-refractivity contribution is 5.20. The minimum atomic E-state index is 0.860. The first-order valence-electron chi connectivity index (χ1n) is 9.00. The number of hydrogen-bond donors (Lipinski definition) is 0. The summed E-state index contributed by atoms with van der Waals surface area (Å²) in [4.78, 5) is 0. The summed E-state index contributed by atoms with van der Waals surface area (Å²) in [6, 6.07) is 10.1. The van der Waals surface area contributed by atoms with Gasteiger partial charge in [-0.1, -0.05) is 89.8 Å². The van der Waals surface area contributed by atoms with Gasteiger partial charge in [0.2, 0.25) is 0 Å². The molecule has 1 unspecified atom stereocenters. The van der Waals surface area contributed by atoms with Gasteiger partial charge in [0.1, 0.15) is 5.75 Å². The summed E-state index contributed by atoms with van der Waals surface area (Å²) >= 11 is 0. The van der Waals surface area contributed by atoms with E-state index in [1.165, 1.54) is 64.2 Å². The summed E-state index contributed by atoms with van der Waals surface area (Å²) in [6.45, 7) is 5.55. The molecular formula is C20H34O. The van der Waals surface area contributed by atoms with Gasteiger partial charge in [-0.3, -0.25) is 0 Å². The maximum absolute atomic E-state index is 5.70. The van der Waals surface area contributed by atoms with Crippen LogP contribution in [0.25, 0.3) is 0 Å². The molecule has 0 aliphatic carbocycles. The second-order valence-corrected chi connectivity index (χ2v) is 6.32. The lowest BCUT2D eigenvalue weighted by Gasteiger charge is -2.09. The van der Waals surface area contributed by atoms with E-state index >= 15 is 0 Å². The third-order valence-corrected chi connectivity index (χ3v) is 4.13. The zero-order chi connectivity index (χ0) is 15.2. The predicted octanol–water partition coefficient (Wildman–Crippen LogP) is 6.62. The Morgan fingerprint density at radius 3 is 2.10 bits per heavy atom.